The van der Waals surface area contributed by atoms with E-state index in [0.29, 0.717) is 31.6 Å². The summed E-state index contributed by atoms with van der Waals surface area (Å²) in [5, 5.41) is 10.9. The monoisotopic (exact) mass is 539 g/mol. The quantitative estimate of drug-likeness (QED) is 0.581. The zero-order chi connectivity index (χ0) is 23.9. The fraction of sp³-hybridized carbons (Fsp3) is 0.238. The fourth-order valence-electron chi connectivity index (χ4n) is 3.45. The number of thiocarbonyl (C=S) groups is 1. The molecule has 1 aromatic carbocycles. The largest absolute Gasteiger partial charge is 0.480 e. The third-order valence-electron chi connectivity index (χ3n) is 4.95. The number of halogens is 1. The molecule has 12 heteroatoms. The number of aromatic nitrogens is 1. The summed E-state index contributed by atoms with van der Waals surface area (Å²) < 4.78 is 2.17. The molecule has 1 fully saturated rings. The van der Waals surface area contributed by atoms with E-state index in [1.54, 1.807) is 17.8 Å². The Morgan fingerprint density at radius 1 is 1.15 bits per heavy atom. The highest BCUT2D eigenvalue weighted by Crippen LogP contribution is 2.46. The van der Waals surface area contributed by atoms with Crippen LogP contribution >= 0.6 is 58.7 Å². The molecule has 1 aromatic heterocycles. The van der Waals surface area contributed by atoms with E-state index >= 15 is 0 Å². The lowest BCUT2D eigenvalue weighted by atomic mass is 10.3. The number of aliphatic carboxylic acids is 1. The number of fused-ring (bicyclic) bond motifs is 1. The van der Waals surface area contributed by atoms with Gasteiger partial charge >= 0.3 is 5.97 Å². The van der Waals surface area contributed by atoms with Gasteiger partial charge in [-0.1, -0.05) is 47.3 Å². The Hall–Kier alpha value is -2.05. The van der Waals surface area contributed by atoms with Crippen molar-refractivity contribution in [2.45, 2.75) is 25.3 Å². The van der Waals surface area contributed by atoms with Crippen molar-refractivity contribution in [1.82, 2.24) is 9.47 Å². The van der Waals surface area contributed by atoms with Crippen LogP contribution in [0, 0.1) is 0 Å². The molecule has 33 heavy (non-hydrogen) atoms. The molecule has 1 N–H and O–H groups in total. The Morgan fingerprint density at radius 2 is 1.88 bits per heavy atom. The van der Waals surface area contributed by atoms with Crippen molar-refractivity contribution in [2.75, 3.05) is 18.0 Å². The highest BCUT2D eigenvalue weighted by molar-refractivity contribution is 8.30. The van der Waals surface area contributed by atoms with Crippen molar-refractivity contribution in [2.24, 2.45) is 0 Å². The standard InChI is InChI=1S/C21H18ClN3O4S4/c1-3-23-12-9-11(22)5-6-13(12)31-15(23)8-7-14-18(28)25(10-16(26)27)20(32-14)17-19(29)24(4-2)21(30)33-17/h5-9H,3-4,10H2,1-2H3,(H,26,27). The van der Waals surface area contributed by atoms with Crippen LogP contribution in [-0.2, 0) is 16.1 Å². The van der Waals surface area contributed by atoms with E-state index < -0.39 is 18.1 Å². The Bertz CT molecular complexity index is 1400. The molecule has 4 rings (SSSR count). The second-order valence-electron chi connectivity index (χ2n) is 6.93. The second kappa shape index (κ2) is 9.67. The number of hydrogen-bond acceptors (Lipinski definition) is 8. The number of hydrogen-bond donors (Lipinski definition) is 1. The number of rotatable bonds is 5. The van der Waals surface area contributed by atoms with Crippen molar-refractivity contribution in [1.29, 1.82) is 0 Å². The summed E-state index contributed by atoms with van der Waals surface area (Å²) in [5.41, 5.74) is 0.545. The molecule has 0 radical (unpaired) electrons. The van der Waals surface area contributed by atoms with Crippen LogP contribution in [0.25, 0.3) is 11.0 Å². The predicted octanol–water partition coefficient (Wildman–Crippen LogP) is 2.89. The zero-order valence-electron chi connectivity index (χ0n) is 17.5. The van der Waals surface area contributed by atoms with E-state index in [1.165, 1.54) is 4.90 Å². The van der Waals surface area contributed by atoms with Gasteiger partial charge in [0.15, 0.2) is 0 Å². The first-order chi connectivity index (χ1) is 15.7. The van der Waals surface area contributed by atoms with Gasteiger partial charge in [-0.05, 0) is 44.2 Å². The molecule has 2 aliphatic heterocycles. The SMILES string of the molecule is CCN1C(=O)C(=c2sc(=CC=C3Sc4ccc(Cl)cc4N3CC)c(=O)n2CC(=O)O)SC1=S. The van der Waals surface area contributed by atoms with Crippen LogP contribution in [0.5, 0.6) is 0 Å². The molecule has 1 amide bonds. The zero-order valence-corrected chi connectivity index (χ0v) is 21.6. The average Bonchev–Trinajstić information content (AvgIpc) is 3.37. The summed E-state index contributed by atoms with van der Waals surface area (Å²) >= 11 is 15.2. The van der Waals surface area contributed by atoms with Crippen LogP contribution in [0.15, 0.2) is 39.0 Å². The second-order valence-corrected chi connectivity index (χ2v) is 11.1. The molecule has 0 bridgehead atoms. The van der Waals surface area contributed by atoms with Crippen LogP contribution in [-0.4, -0.2) is 43.9 Å². The Kier molecular flexibility index (Phi) is 7.06. The number of benzene rings is 1. The average molecular weight is 540 g/mol. The minimum atomic E-state index is -1.16. The molecule has 3 heterocycles. The van der Waals surface area contributed by atoms with Gasteiger partial charge in [0.1, 0.15) is 20.4 Å². The summed E-state index contributed by atoms with van der Waals surface area (Å²) in [6.07, 6.45) is 3.51. The highest BCUT2D eigenvalue weighted by Gasteiger charge is 2.33. The van der Waals surface area contributed by atoms with E-state index in [4.69, 9.17) is 23.8 Å². The lowest BCUT2D eigenvalue weighted by molar-refractivity contribution is -0.137. The van der Waals surface area contributed by atoms with Gasteiger partial charge in [0, 0.05) is 23.0 Å². The molecular formula is C21H18ClN3O4S4. The van der Waals surface area contributed by atoms with Gasteiger partial charge < -0.3 is 10.0 Å². The van der Waals surface area contributed by atoms with Crippen molar-refractivity contribution in [3.05, 3.63) is 53.9 Å². The van der Waals surface area contributed by atoms with Gasteiger partial charge in [0.25, 0.3) is 11.5 Å². The Morgan fingerprint density at radius 3 is 2.52 bits per heavy atom. The van der Waals surface area contributed by atoms with Crippen LogP contribution in [0.3, 0.4) is 0 Å². The predicted molar refractivity (Wildman–Crippen MR) is 139 cm³/mol. The van der Waals surface area contributed by atoms with E-state index in [2.05, 4.69) is 4.90 Å². The maximum atomic E-state index is 13.1. The third kappa shape index (κ3) is 4.52. The molecule has 0 saturated carbocycles. The van der Waals surface area contributed by atoms with Gasteiger partial charge in [-0.15, -0.1) is 11.3 Å². The molecule has 7 nitrogen and oxygen atoms in total. The van der Waals surface area contributed by atoms with Gasteiger partial charge in [-0.3, -0.25) is 23.9 Å². The van der Waals surface area contributed by atoms with Crippen molar-refractivity contribution < 1.29 is 14.7 Å². The first-order valence-electron chi connectivity index (χ1n) is 9.91. The summed E-state index contributed by atoms with van der Waals surface area (Å²) in [5.74, 6) is -1.48. The number of anilines is 1. The molecule has 0 spiro atoms. The molecular weight excluding hydrogens is 522 g/mol. The Balaban J connectivity index is 1.84. The third-order valence-corrected chi connectivity index (χ3v) is 9.03. The van der Waals surface area contributed by atoms with Crippen LogP contribution in [0.4, 0.5) is 5.69 Å². The maximum Gasteiger partial charge on any atom is 0.323 e. The van der Waals surface area contributed by atoms with Crippen LogP contribution < -0.4 is 19.7 Å². The molecule has 0 atom stereocenters. The van der Waals surface area contributed by atoms with E-state index in [0.717, 1.165) is 43.3 Å². The minimum absolute atomic E-state index is 0.282. The van der Waals surface area contributed by atoms with Crippen molar-refractivity contribution >= 4 is 91.5 Å². The first-order valence-corrected chi connectivity index (χ1v) is 13.1. The number of carbonyl (C=O) groups is 2. The van der Waals surface area contributed by atoms with E-state index in [1.807, 2.05) is 38.1 Å². The number of carboxylic acids is 1. The normalized spacial score (nSPS) is 19.2. The van der Waals surface area contributed by atoms with Crippen LogP contribution in [0.1, 0.15) is 13.8 Å². The maximum absolute atomic E-state index is 13.1. The first kappa shape index (κ1) is 24.1. The van der Waals surface area contributed by atoms with Gasteiger partial charge in [-0.2, -0.15) is 0 Å². The van der Waals surface area contributed by atoms with Crippen molar-refractivity contribution in [3.63, 3.8) is 0 Å². The fourth-order valence-corrected chi connectivity index (χ4v) is 7.31. The number of amides is 1. The molecule has 0 aliphatic carbocycles. The van der Waals surface area contributed by atoms with E-state index in [9.17, 15) is 19.5 Å². The van der Waals surface area contributed by atoms with Crippen molar-refractivity contribution in [3.8, 4) is 0 Å². The van der Waals surface area contributed by atoms with Gasteiger partial charge in [0.2, 0.25) is 0 Å². The summed E-state index contributed by atoms with van der Waals surface area (Å²) in [4.78, 5) is 42.2. The smallest absolute Gasteiger partial charge is 0.323 e. The molecule has 0 unspecified atom stereocenters. The molecule has 2 aromatic rings. The topological polar surface area (TPSA) is 82.9 Å². The van der Waals surface area contributed by atoms with Gasteiger partial charge in [-0.25, -0.2) is 0 Å². The number of allylic oxidation sites excluding steroid dienone is 1. The molecule has 1 saturated heterocycles. The number of carboxylic acid groups (broad SMARTS) is 1. The summed E-state index contributed by atoms with van der Waals surface area (Å²) in [6.45, 7) is 4.41. The lowest BCUT2D eigenvalue weighted by Crippen LogP contribution is -2.35. The molecule has 2 aliphatic rings. The Labute approximate surface area is 212 Å². The number of carbonyl (C=O) groups excluding carboxylic acids is 1. The summed E-state index contributed by atoms with van der Waals surface area (Å²) in [6, 6.07) is 5.69. The number of thiazole rings is 1. The van der Waals surface area contributed by atoms with E-state index in [-0.39, 0.29) is 10.8 Å². The number of nitrogens with zero attached hydrogens (tertiary/aromatic N) is 3. The molecule has 172 valence electrons. The number of thioether (sulfide) groups is 2. The van der Waals surface area contributed by atoms with Gasteiger partial charge in [0.05, 0.1) is 15.2 Å². The van der Waals surface area contributed by atoms with Crippen LogP contribution in [0.2, 0.25) is 5.02 Å². The minimum Gasteiger partial charge on any atom is -0.480 e. The highest BCUT2D eigenvalue weighted by atomic mass is 35.5. The summed E-state index contributed by atoms with van der Waals surface area (Å²) in [7, 11) is 0. The lowest BCUT2D eigenvalue weighted by Gasteiger charge is -2.17.